The third-order valence-corrected chi connectivity index (χ3v) is 3.75. The molecular formula is C13H18FN5O2. The Morgan fingerprint density at radius 3 is 2.71 bits per heavy atom. The first-order valence-corrected chi connectivity index (χ1v) is 6.57. The Bertz CT molecular complexity index is 538. The van der Waals surface area contributed by atoms with Crippen LogP contribution in [0.1, 0.15) is 23.3 Å². The first-order valence-electron chi connectivity index (χ1n) is 6.57. The van der Waals surface area contributed by atoms with Crippen LogP contribution in [0.15, 0.2) is 23.5 Å². The lowest BCUT2D eigenvalue weighted by Gasteiger charge is -2.40. The lowest BCUT2D eigenvalue weighted by Crippen LogP contribution is -2.62. The van der Waals surface area contributed by atoms with Gasteiger partial charge >= 0.3 is 0 Å². The predicted octanol–water partition coefficient (Wildman–Crippen LogP) is 0.161. The number of carbonyl (C=O) groups is 1. The highest BCUT2D eigenvalue weighted by molar-refractivity contribution is 5.99. The molecule has 1 saturated heterocycles. The summed E-state index contributed by atoms with van der Waals surface area (Å²) in [5.41, 5.74) is 4.94. The molecule has 21 heavy (non-hydrogen) atoms. The molecular weight excluding hydrogens is 277 g/mol. The lowest BCUT2D eigenvalue weighted by atomic mass is 9.86. The molecule has 1 amide bonds. The van der Waals surface area contributed by atoms with Crippen molar-refractivity contribution in [3.63, 3.8) is 0 Å². The van der Waals surface area contributed by atoms with Crippen LogP contribution < -0.4 is 11.1 Å². The van der Waals surface area contributed by atoms with Gasteiger partial charge in [0.1, 0.15) is 17.1 Å². The summed E-state index contributed by atoms with van der Waals surface area (Å²) in [5.74, 6) is -1.03. The number of likely N-dealkylation sites (tertiary alicyclic amines) is 1. The van der Waals surface area contributed by atoms with E-state index in [4.69, 9.17) is 10.9 Å². The van der Waals surface area contributed by atoms with Crippen molar-refractivity contribution in [1.29, 1.82) is 0 Å². The van der Waals surface area contributed by atoms with Gasteiger partial charge in [-0.05, 0) is 32.0 Å². The molecule has 1 fully saturated rings. The quantitative estimate of drug-likeness (QED) is 0.319. The van der Waals surface area contributed by atoms with E-state index in [1.807, 2.05) is 7.05 Å². The Labute approximate surface area is 121 Å². The fourth-order valence-electron chi connectivity index (χ4n) is 2.33. The van der Waals surface area contributed by atoms with Crippen molar-refractivity contribution < 1.29 is 14.4 Å². The van der Waals surface area contributed by atoms with Crippen molar-refractivity contribution in [2.24, 2.45) is 10.9 Å². The van der Waals surface area contributed by atoms with E-state index in [0.717, 1.165) is 12.3 Å². The SMILES string of the molecule is CN1CCC(NC(=O)c2ccc(F)cn2)(/C(N)=N/O)CC1. The fraction of sp³-hybridized carbons (Fsp3) is 0.462. The van der Waals surface area contributed by atoms with Crippen LogP contribution in [-0.4, -0.2) is 52.5 Å². The zero-order valence-electron chi connectivity index (χ0n) is 11.7. The standard InChI is InChI=1S/C13H18FN5O2/c1-19-6-4-13(5-7-19,12(15)18-21)17-11(20)10-3-2-9(14)8-16-10/h2-3,8,21H,4-7H2,1H3,(H2,15,18)(H,17,20). The molecule has 0 aromatic carbocycles. The van der Waals surface area contributed by atoms with Crippen LogP contribution in [0.3, 0.4) is 0 Å². The van der Waals surface area contributed by atoms with Gasteiger partial charge in [-0.3, -0.25) is 4.79 Å². The van der Waals surface area contributed by atoms with Gasteiger partial charge in [-0.1, -0.05) is 5.16 Å². The van der Waals surface area contributed by atoms with Gasteiger partial charge in [0.2, 0.25) is 0 Å². The minimum Gasteiger partial charge on any atom is -0.409 e. The van der Waals surface area contributed by atoms with Crippen molar-refractivity contribution in [2.45, 2.75) is 18.4 Å². The summed E-state index contributed by atoms with van der Waals surface area (Å²) >= 11 is 0. The number of amides is 1. The highest BCUT2D eigenvalue weighted by Gasteiger charge is 2.39. The van der Waals surface area contributed by atoms with E-state index in [1.165, 1.54) is 6.07 Å². The van der Waals surface area contributed by atoms with Gasteiger partial charge in [0.05, 0.1) is 6.20 Å². The van der Waals surface area contributed by atoms with Crippen LogP contribution in [0.25, 0.3) is 0 Å². The predicted molar refractivity (Wildman–Crippen MR) is 74.5 cm³/mol. The van der Waals surface area contributed by atoms with Crippen molar-refractivity contribution in [2.75, 3.05) is 20.1 Å². The van der Waals surface area contributed by atoms with E-state index < -0.39 is 17.3 Å². The van der Waals surface area contributed by atoms with Crippen LogP contribution in [0.2, 0.25) is 0 Å². The van der Waals surface area contributed by atoms with E-state index in [2.05, 4.69) is 20.4 Å². The maximum absolute atomic E-state index is 12.8. The summed E-state index contributed by atoms with van der Waals surface area (Å²) in [4.78, 5) is 18.1. The van der Waals surface area contributed by atoms with Crippen molar-refractivity contribution >= 4 is 11.7 Å². The van der Waals surface area contributed by atoms with Crippen molar-refractivity contribution in [3.05, 3.63) is 29.8 Å². The molecule has 8 heteroatoms. The Hall–Kier alpha value is -2.22. The molecule has 2 heterocycles. The third kappa shape index (κ3) is 3.27. The summed E-state index contributed by atoms with van der Waals surface area (Å²) in [6.07, 6.45) is 2.01. The van der Waals surface area contributed by atoms with Crippen LogP contribution in [-0.2, 0) is 0 Å². The van der Waals surface area contributed by atoms with Crippen LogP contribution >= 0.6 is 0 Å². The molecule has 1 aliphatic rings. The second kappa shape index (κ2) is 6.04. The maximum atomic E-state index is 12.8. The summed E-state index contributed by atoms with van der Waals surface area (Å²) in [6.45, 7) is 1.40. The van der Waals surface area contributed by atoms with Gasteiger partial charge in [-0.25, -0.2) is 9.37 Å². The summed E-state index contributed by atoms with van der Waals surface area (Å²) in [5, 5.41) is 14.8. The zero-order chi connectivity index (χ0) is 15.5. The smallest absolute Gasteiger partial charge is 0.270 e. The van der Waals surface area contributed by atoms with Gasteiger partial charge in [-0.15, -0.1) is 0 Å². The fourth-order valence-corrected chi connectivity index (χ4v) is 2.33. The van der Waals surface area contributed by atoms with E-state index in [9.17, 15) is 9.18 Å². The molecule has 1 aromatic rings. The number of hydrogen-bond donors (Lipinski definition) is 3. The molecule has 0 radical (unpaired) electrons. The van der Waals surface area contributed by atoms with Crippen LogP contribution in [0.4, 0.5) is 4.39 Å². The molecule has 0 unspecified atom stereocenters. The third-order valence-electron chi connectivity index (χ3n) is 3.75. The molecule has 0 bridgehead atoms. The Morgan fingerprint density at radius 1 is 1.52 bits per heavy atom. The largest absolute Gasteiger partial charge is 0.409 e. The minimum atomic E-state index is -0.908. The number of amidine groups is 1. The number of oxime groups is 1. The summed E-state index contributed by atoms with van der Waals surface area (Å²) < 4.78 is 12.8. The number of nitrogens with zero attached hydrogens (tertiary/aromatic N) is 3. The molecule has 7 nitrogen and oxygen atoms in total. The maximum Gasteiger partial charge on any atom is 0.270 e. The number of rotatable bonds is 3. The Kier molecular flexibility index (Phi) is 4.37. The highest BCUT2D eigenvalue weighted by atomic mass is 19.1. The van der Waals surface area contributed by atoms with E-state index in [1.54, 1.807) is 0 Å². The Balaban J connectivity index is 2.19. The second-order valence-electron chi connectivity index (χ2n) is 5.19. The normalized spacial score (nSPS) is 19.2. The molecule has 1 aliphatic heterocycles. The molecule has 2 rings (SSSR count). The average molecular weight is 295 g/mol. The number of aromatic nitrogens is 1. The zero-order valence-corrected chi connectivity index (χ0v) is 11.7. The topological polar surface area (TPSA) is 104 Å². The second-order valence-corrected chi connectivity index (χ2v) is 5.19. The van der Waals surface area contributed by atoms with Gasteiger partial charge in [0.25, 0.3) is 5.91 Å². The minimum absolute atomic E-state index is 0.0361. The van der Waals surface area contributed by atoms with Crippen molar-refractivity contribution in [3.8, 4) is 0 Å². The average Bonchev–Trinajstić information content (AvgIpc) is 2.49. The number of carbonyl (C=O) groups excluding carboxylic acids is 1. The van der Waals surface area contributed by atoms with E-state index >= 15 is 0 Å². The molecule has 4 N–H and O–H groups in total. The molecule has 114 valence electrons. The molecule has 1 aromatic heterocycles. The van der Waals surface area contributed by atoms with Gasteiger partial charge in [-0.2, -0.15) is 0 Å². The van der Waals surface area contributed by atoms with Gasteiger partial charge < -0.3 is 21.2 Å². The number of hydrogen-bond acceptors (Lipinski definition) is 5. The number of piperidine rings is 1. The summed E-state index contributed by atoms with van der Waals surface area (Å²) in [7, 11) is 1.96. The van der Waals surface area contributed by atoms with E-state index in [-0.39, 0.29) is 11.5 Å². The van der Waals surface area contributed by atoms with Crippen LogP contribution in [0.5, 0.6) is 0 Å². The number of nitrogens with two attached hydrogens (primary N) is 1. The van der Waals surface area contributed by atoms with E-state index in [0.29, 0.717) is 25.9 Å². The number of halogens is 1. The summed E-state index contributed by atoms with van der Waals surface area (Å²) in [6, 6.07) is 2.45. The molecule has 0 atom stereocenters. The number of nitrogens with one attached hydrogen (secondary N) is 1. The van der Waals surface area contributed by atoms with Gasteiger partial charge in [0, 0.05) is 13.1 Å². The van der Waals surface area contributed by atoms with Crippen LogP contribution in [0, 0.1) is 5.82 Å². The first-order chi connectivity index (χ1) is 9.97. The highest BCUT2D eigenvalue weighted by Crippen LogP contribution is 2.22. The molecule has 0 aliphatic carbocycles. The van der Waals surface area contributed by atoms with Gasteiger partial charge in [0.15, 0.2) is 5.84 Å². The first kappa shape index (κ1) is 15.2. The number of pyridine rings is 1. The lowest BCUT2D eigenvalue weighted by molar-refractivity contribution is 0.0881. The molecule has 0 spiro atoms. The van der Waals surface area contributed by atoms with Crippen molar-refractivity contribution in [1.82, 2.24) is 15.2 Å². The monoisotopic (exact) mass is 295 g/mol. The Morgan fingerprint density at radius 2 is 2.19 bits per heavy atom. The molecule has 0 saturated carbocycles.